The van der Waals surface area contributed by atoms with E-state index in [1.807, 2.05) is 0 Å². The van der Waals surface area contributed by atoms with Crippen molar-refractivity contribution in [1.82, 2.24) is 4.98 Å². The minimum atomic E-state index is -0.239. The minimum absolute atomic E-state index is 0.0514. The highest BCUT2D eigenvalue weighted by Crippen LogP contribution is 2.39. The first-order valence-electron chi connectivity index (χ1n) is 11.3. The SMILES string of the molecule is CCc1c(C(C)(C)C)cc(-c2ccc3c(n2)[C@H](OC(C)=O)CCC3)cc1C(C)(C)C. The van der Waals surface area contributed by atoms with E-state index in [1.54, 1.807) is 0 Å². The Labute approximate surface area is 182 Å². The van der Waals surface area contributed by atoms with Crippen LogP contribution in [0.1, 0.15) is 102 Å². The average molecular weight is 408 g/mol. The summed E-state index contributed by atoms with van der Waals surface area (Å²) in [5, 5.41) is 0. The third-order valence-corrected chi connectivity index (χ3v) is 6.05. The lowest BCUT2D eigenvalue weighted by molar-refractivity contribution is -0.147. The molecule has 0 radical (unpaired) electrons. The first kappa shape index (κ1) is 22.5. The topological polar surface area (TPSA) is 39.2 Å². The van der Waals surface area contributed by atoms with Crippen molar-refractivity contribution in [2.45, 2.75) is 98.0 Å². The zero-order valence-electron chi connectivity index (χ0n) is 20.0. The maximum atomic E-state index is 11.6. The first-order chi connectivity index (χ1) is 13.9. The van der Waals surface area contributed by atoms with Crippen molar-refractivity contribution in [3.63, 3.8) is 0 Å². The number of hydrogen-bond acceptors (Lipinski definition) is 3. The van der Waals surface area contributed by atoms with Gasteiger partial charge in [0.1, 0.15) is 6.10 Å². The van der Waals surface area contributed by atoms with Crippen molar-refractivity contribution in [2.24, 2.45) is 0 Å². The van der Waals surface area contributed by atoms with Gasteiger partial charge in [-0.3, -0.25) is 4.79 Å². The molecular weight excluding hydrogens is 370 g/mol. The van der Waals surface area contributed by atoms with Gasteiger partial charge >= 0.3 is 5.97 Å². The smallest absolute Gasteiger partial charge is 0.303 e. The lowest BCUT2D eigenvalue weighted by Gasteiger charge is -2.31. The molecule has 0 unspecified atom stereocenters. The summed E-state index contributed by atoms with van der Waals surface area (Å²) < 4.78 is 5.60. The van der Waals surface area contributed by atoms with Crippen molar-refractivity contribution in [1.29, 1.82) is 0 Å². The Bertz CT molecular complexity index is 909. The van der Waals surface area contributed by atoms with E-state index in [9.17, 15) is 4.79 Å². The van der Waals surface area contributed by atoms with Crippen molar-refractivity contribution in [2.75, 3.05) is 0 Å². The highest BCUT2D eigenvalue weighted by Gasteiger charge is 2.28. The number of esters is 1. The van der Waals surface area contributed by atoms with Crippen LogP contribution in [0.25, 0.3) is 11.3 Å². The van der Waals surface area contributed by atoms with Crippen LogP contribution in [0.3, 0.4) is 0 Å². The molecule has 0 saturated carbocycles. The van der Waals surface area contributed by atoms with Gasteiger partial charge in [0.15, 0.2) is 0 Å². The fraction of sp³-hybridized carbons (Fsp3) is 0.556. The summed E-state index contributed by atoms with van der Waals surface area (Å²) in [5.74, 6) is -0.239. The molecule has 1 aromatic heterocycles. The Balaban J connectivity index is 2.20. The summed E-state index contributed by atoms with van der Waals surface area (Å²) in [6.07, 6.45) is 3.66. The predicted molar refractivity (Wildman–Crippen MR) is 124 cm³/mol. The number of ether oxygens (including phenoxy) is 1. The van der Waals surface area contributed by atoms with E-state index in [-0.39, 0.29) is 22.9 Å². The number of carbonyl (C=O) groups is 1. The Kier molecular flexibility index (Phi) is 6.13. The molecule has 162 valence electrons. The Hall–Kier alpha value is -2.16. The van der Waals surface area contributed by atoms with Gasteiger partial charge in [0.25, 0.3) is 0 Å². The van der Waals surface area contributed by atoms with E-state index in [4.69, 9.17) is 9.72 Å². The molecule has 1 aromatic carbocycles. The number of aryl methyl sites for hydroxylation is 1. The normalized spacial score (nSPS) is 16.9. The number of aromatic nitrogens is 1. The third kappa shape index (κ3) is 4.61. The number of nitrogens with zero attached hydrogens (tertiary/aromatic N) is 1. The van der Waals surface area contributed by atoms with Crippen molar-refractivity contribution in [3.05, 3.63) is 52.2 Å². The van der Waals surface area contributed by atoms with Crippen LogP contribution in [-0.2, 0) is 33.2 Å². The molecule has 1 atom stereocenters. The minimum Gasteiger partial charge on any atom is -0.456 e. The van der Waals surface area contributed by atoms with Crippen LogP contribution >= 0.6 is 0 Å². The van der Waals surface area contributed by atoms with Crippen LogP contribution in [0, 0.1) is 0 Å². The molecule has 30 heavy (non-hydrogen) atoms. The summed E-state index contributed by atoms with van der Waals surface area (Å²) >= 11 is 0. The Morgan fingerprint density at radius 3 is 2.17 bits per heavy atom. The van der Waals surface area contributed by atoms with Crippen LogP contribution in [0.4, 0.5) is 0 Å². The molecular formula is C27H37NO2. The number of pyridine rings is 1. The van der Waals surface area contributed by atoms with Crippen LogP contribution < -0.4 is 0 Å². The first-order valence-corrected chi connectivity index (χ1v) is 11.3. The molecule has 3 rings (SSSR count). The van der Waals surface area contributed by atoms with E-state index in [0.29, 0.717) is 0 Å². The van der Waals surface area contributed by atoms with Crippen molar-refractivity contribution in [3.8, 4) is 11.3 Å². The summed E-state index contributed by atoms with van der Waals surface area (Å²) in [7, 11) is 0. The zero-order valence-corrected chi connectivity index (χ0v) is 20.0. The number of carbonyl (C=O) groups excluding carboxylic acids is 1. The van der Waals surface area contributed by atoms with Crippen LogP contribution in [0.5, 0.6) is 0 Å². The quantitative estimate of drug-likeness (QED) is 0.522. The van der Waals surface area contributed by atoms with E-state index >= 15 is 0 Å². The second-order valence-electron chi connectivity index (χ2n) is 10.6. The standard InChI is InChI=1S/C27H37NO2/c1-9-20-21(26(3,4)5)15-19(16-22(20)27(6,7)8)23-14-13-18-11-10-12-24(25(18)28-23)30-17(2)29/h13-16,24H,9-12H2,1-8H3/t24-/m1/s1. The molecule has 1 heterocycles. The summed E-state index contributed by atoms with van der Waals surface area (Å²) in [5.41, 5.74) is 8.59. The predicted octanol–water partition coefficient (Wildman–Crippen LogP) is 6.85. The maximum absolute atomic E-state index is 11.6. The molecule has 3 nitrogen and oxygen atoms in total. The van der Waals surface area contributed by atoms with Crippen LogP contribution in [0.2, 0.25) is 0 Å². The highest BCUT2D eigenvalue weighted by molar-refractivity contribution is 5.67. The second kappa shape index (κ2) is 8.17. The molecule has 0 aliphatic heterocycles. The average Bonchev–Trinajstić information content (AvgIpc) is 2.65. The van der Waals surface area contributed by atoms with Crippen molar-refractivity contribution < 1.29 is 9.53 Å². The molecule has 0 amide bonds. The van der Waals surface area contributed by atoms with E-state index in [2.05, 4.69) is 72.7 Å². The van der Waals surface area contributed by atoms with Gasteiger partial charge in [0, 0.05) is 12.5 Å². The van der Waals surface area contributed by atoms with Gasteiger partial charge in [-0.25, -0.2) is 4.98 Å². The molecule has 0 saturated heterocycles. The second-order valence-corrected chi connectivity index (χ2v) is 10.6. The van der Waals surface area contributed by atoms with Gasteiger partial charge in [-0.05, 0) is 77.0 Å². The molecule has 0 spiro atoms. The molecule has 1 aliphatic carbocycles. The third-order valence-electron chi connectivity index (χ3n) is 6.05. The van der Waals surface area contributed by atoms with Gasteiger partial charge in [-0.2, -0.15) is 0 Å². The Morgan fingerprint density at radius 2 is 1.67 bits per heavy atom. The summed E-state index contributed by atoms with van der Waals surface area (Å²) in [4.78, 5) is 16.6. The summed E-state index contributed by atoms with van der Waals surface area (Å²) in [6, 6.07) is 8.96. The lowest BCUT2D eigenvalue weighted by Crippen LogP contribution is -2.21. The fourth-order valence-electron chi connectivity index (χ4n) is 4.62. The number of hydrogen-bond donors (Lipinski definition) is 0. The molecule has 0 bridgehead atoms. The van der Waals surface area contributed by atoms with Crippen molar-refractivity contribution >= 4 is 5.97 Å². The lowest BCUT2D eigenvalue weighted by atomic mass is 9.74. The fourth-order valence-corrected chi connectivity index (χ4v) is 4.62. The number of rotatable bonds is 3. The maximum Gasteiger partial charge on any atom is 0.303 e. The van der Waals surface area contributed by atoms with Gasteiger partial charge < -0.3 is 4.74 Å². The summed E-state index contributed by atoms with van der Waals surface area (Å²) in [6.45, 7) is 17.4. The van der Waals surface area contributed by atoms with Crippen LogP contribution in [-0.4, -0.2) is 11.0 Å². The largest absolute Gasteiger partial charge is 0.456 e. The molecule has 1 aliphatic rings. The Morgan fingerprint density at radius 1 is 1.07 bits per heavy atom. The van der Waals surface area contributed by atoms with Gasteiger partial charge in [-0.15, -0.1) is 0 Å². The highest BCUT2D eigenvalue weighted by atomic mass is 16.5. The van der Waals surface area contributed by atoms with Gasteiger partial charge in [-0.1, -0.05) is 54.5 Å². The number of fused-ring (bicyclic) bond motifs is 1. The van der Waals surface area contributed by atoms with Crippen LogP contribution in [0.15, 0.2) is 24.3 Å². The monoisotopic (exact) mass is 407 g/mol. The van der Waals surface area contributed by atoms with Gasteiger partial charge in [0.05, 0.1) is 11.4 Å². The molecule has 0 N–H and O–H groups in total. The van der Waals surface area contributed by atoms with E-state index in [1.165, 1.54) is 29.2 Å². The van der Waals surface area contributed by atoms with E-state index < -0.39 is 0 Å². The molecule has 0 fully saturated rings. The molecule has 3 heteroatoms. The zero-order chi connectivity index (χ0) is 22.3. The van der Waals surface area contributed by atoms with Gasteiger partial charge in [0.2, 0.25) is 0 Å². The number of benzene rings is 1. The molecule has 2 aromatic rings. The van der Waals surface area contributed by atoms with E-state index in [0.717, 1.165) is 42.6 Å².